The van der Waals surface area contributed by atoms with Crippen LogP contribution in [0.15, 0.2) is 53.0 Å². The summed E-state index contributed by atoms with van der Waals surface area (Å²) in [5.41, 5.74) is 2.46. The third-order valence-electron chi connectivity index (χ3n) is 3.53. The van der Waals surface area contributed by atoms with E-state index in [2.05, 4.69) is 65.4 Å². The summed E-state index contributed by atoms with van der Waals surface area (Å²) in [6.45, 7) is 7.05. The van der Waals surface area contributed by atoms with Gasteiger partial charge in [0.2, 0.25) is 0 Å². The lowest BCUT2D eigenvalue weighted by molar-refractivity contribution is 0.331. The molecule has 0 aliphatic heterocycles. The molecular weight excluding hydrogens is 326 g/mol. The van der Waals surface area contributed by atoms with Gasteiger partial charge in [-0.15, -0.1) is 0 Å². The van der Waals surface area contributed by atoms with Gasteiger partial charge >= 0.3 is 0 Å². The van der Waals surface area contributed by atoms with Crippen LogP contribution >= 0.6 is 15.9 Å². The van der Waals surface area contributed by atoms with Crippen molar-refractivity contribution in [3.63, 3.8) is 0 Å². The number of hydrogen-bond acceptors (Lipinski definition) is 2. The van der Waals surface area contributed by atoms with Crippen LogP contribution in [0.4, 0.5) is 0 Å². The summed E-state index contributed by atoms with van der Waals surface area (Å²) in [4.78, 5) is 0. The third kappa shape index (κ3) is 4.32. The van der Waals surface area contributed by atoms with Crippen LogP contribution in [0.25, 0.3) is 0 Å². The van der Waals surface area contributed by atoms with Gasteiger partial charge in [-0.1, -0.05) is 46.3 Å². The number of halogens is 1. The molecule has 0 bridgehead atoms. The number of rotatable bonds is 6. The van der Waals surface area contributed by atoms with Crippen molar-refractivity contribution in [3.8, 4) is 5.75 Å². The fourth-order valence-corrected chi connectivity index (χ4v) is 2.88. The largest absolute Gasteiger partial charge is 0.494 e. The van der Waals surface area contributed by atoms with Crippen molar-refractivity contribution in [3.05, 3.63) is 64.1 Å². The zero-order valence-corrected chi connectivity index (χ0v) is 14.4. The van der Waals surface area contributed by atoms with Crippen molar-refractivity contribution >= 4 is 15.9 Å². The fourth-order valence-electron chi connectivity index (χ4n) is 2.46. The second-order valence-electron chi connectivity index (χ2n) is 5.14. The van der Waals surface area contributed by atoms with Crippen molar-refractivity contribution in [1.82, 2.24) is 5.32 Å². The molecule has 0 aliphatic rings. The summed E-state index contributed by atoms with van der Waals surface area (Å²) in [7, 11) is 0. The lowest BCUT2D eigenvalue weighted by Gasteiger charge is -2.22. The molecule has 2 aromatic rings. The van der Waals surface area contributed by atoms with Gasteiger partial charge in [0.1, 0.15) is 5.75 Å². The SMILES string of the molecule is CCOc1ccccc1C(C)NC(C)c1cccc(Br)c1. The van der Waals surface area contributed by atoms with E-state index in [1.54, 1.807) is 0 Å². The molecular formula is C18H22BrNO. The van der Waals surface area contributed by atoms with E-state index in [-0.39, 0.29) is 12.1 Å². The molecule has 0 spiro atoms. The predicted molar refractivity (Wildman–Crippen MR) is 91.7 cm³/mol. The van der Waals surface area contributed by atoms with Crippen molar-refractivity contribution < 1.29 is 4.74 Å². The molecule has 0 radical (unpaired) electrons. The third-order valence-corrected chi connectivity index (χ3v) is 4.03. The van der Waals surface area contributed by atoms with Gasteiger partial charge in [0.25, 0.3) is 0 Å². The fraction of sp³-hybridized carbons (Fsp3) is 0.333. The van der Waals surface area contributed by atoms with Crippen LogP contribution in [0.3, 0.4) is 0 Å². The van der Waals surface area contributed by atoms with Crippen LogP contribution in [-0.4, -0.2) is 6.61 Å². The first-order valence-corrected chi connectivity index (χ1v) is 8.14. The molecule has 2 rings (SSSR count). The van der Waals surface area contributed by atoms with E-state index in [1.165, 1.54) is 11.1 Å². The molecule has 1 N–H and O–H groups in total. The van der Waals surface area contributed by atoms with E-state index in [0.717, 1.165) is 10.2 Å². The van der Waals surface area contributed by atoms with E-state index in [9.17, 15) is 0 Å². The van der Waals surface area contributed by atoms with Gasteiger partial charge in [-0.3, -0.25) is 0 Å². The lowest BCUT2D eigenvalue weighted by atomic mass is 10.0. The van der Waals surface area contributed by atoms with E-state index >= 15 is 0 Å². The Labute approximate surface area is 135 Å². The van der Waals surface area contributed by atoms with Gasteiger partial charge in [-0.25, -0.2) is 0 Å². The minimum absolute atomic E-state index is 0.224. The maximum absolute atomic E-state index is 5.72. The van der Waals surface area contributed by atoms with E-state index < -0.39 is 0 Å². The summed E-state index contributed by atoms with van der Waals surface area (Å²) >= 11 is 3.53. The Kier molecular flexibility index (Phi) is 5.83. The van der Waals surface area contributed by atoms with Crippen molar-refractivity contribution in [1.29, 1.82) is 0 Å². The predicted octanol–water partition coefficient (Wildman–Crippen LogP) is 5.26. The Hall–Kier alpha value is -1.32. The average Bonchev–Trinajstić information content (AvgIpc) is 2.48. The Morgan fingerprint density at radius 1 is 1.05 bits per heavy atom. The number of nitrogens with one attached hydrogen (secondary N) is 1. The molecule has 0 saturated heterocycles. The summed E-state index contributed by atoms with van der Waals surface area (Å²) in [5.74, 6) is 0.960. The normalized spacial score (nSPS) is 13.7. The quantitative estimate of drug-likeness (QED) is 0.769. The second kappa shape index (κ2) is 7.62. The van der Waals surface area contributed by atoms with E-state index in [0.29, 0.717) is 6.61 Å². The summed E-state index contributed by atoms with van der Waals surface area (Å²) in [5, 5.41) is 3.64. The molecule has 0 fully saturated rings. The van der Waals surface area contributed by atoms with Gasteiger partial charge in [-0.2, -0.15) is 0 Å². The highest BCUT2D eigenvalue weighted by Gasteiger charge is 2.14. The Morgan fingerprint density at radius 3 is 2.52 bits per heavy atom. The summed E-state index contributed by atoms with van der Waals surface area (Å²) in [6.07, 6.45) is 0. The summed E-state index contributed by atoms with van der Waals surface area (Å²) < 4.78 is 6.82. The van der Waals surface area contributed by atoms with Gasteiger partial charge < -0.3 is 10.1 Å². The zero-order chi connectivity index (χ0) is 15.2. The molecule has 2 atom stereocenters. The molecule has 0 heterocycles. The van der Waals surface area contributed by atoms with Crippen LogP contribution in [-0.2, 0) is 0 Å². The molecule has 0 aliphatic carbocycles. The van der Waals surface area contributed by atoms with Crippen LogP contribution < -0.4 is 10.1 Å². The number of para-hydroxylation sites is 1. The van der Waals surface area contributed by atoms with E-state index in [1.807, 2.05) is 25.1 Å². The van der Waals surface area contributed by atoms with Crippen LogP contribution in [0.5, 0.6) is 5.75 Å². The van der Waals surface area contributed by atoms with E-state index in [4.69, 9.17) is 4.74 Å². The first-order valence-electron chi connectivity index (χ1n) is 7.35. The lowest BCUT2D eigenvalue weighted by Crippen LogP contribution is -2.23. The van der Waals surface area contributed by atoms with Crippen molar-refractivity contribution in [2.24, 2.45) is 0 Å². The van der Waals surface area contributed by atoms with Gasteiger partial charge in [0.15, 0.2) is 0 Å². The number of hydrogen-bond donors (Lipinski definition) is 1. The zero-order valence-electron chi connectivity index (χ0n) is 12.8. The Morgan fingerprint density at radius 2 is 1.81 bits per heavy atom. The van der Waals surface area contributed by atoms with Crippen LogP contribution in [0.2, 0.25) is 0 Å². The minimum atomic E-state index is 0.224. The molecule has 0 aromatic heterocycles. The van der Waals surface area contributed by atoms with Crippen LogP contribution in [0, 0.1) is 0 Å². The maximum atomic E-state index is 5.72. The molecule has 2 nitrogen and oxygen atoms in total. The highest BCUT2D eigenvalue weighted by Crippen LogP contribution is 2.27. The summed E-state index contributed by atoms with van der Waals surface area (Å²) in [6, 6.07) is 17.1. The number of benzene rings is 2. The smallest absolute Gasteiger partial charge is 0.124 e. The topological polar surface area (TPSA) is 21.3 Å². The second-order valence-corrected chi connectivity index (χ2v) is 6.05. The Balaban J connectivity index is 2.12. The molecule has 3 heteroatoms. The first kappa shape index (κ1) is 16.1. The highest BCUT2D eigenvalue weighted by molar-refractivity contribution is 9.10. The molecule has 2 aromatic carbocycles. The number of ether oxygens (including phenoxy) is 1. The highest BCUT2D eigenvalue weighted by atomic mass is 79.9. The van der Waals surface area contributed by atoms with Crippen LogP contribution in [0.1, 0.15) is 44.0 Å². The molecule has 0 amide bonds. The molecule has 0 saturated carbocycles. The first-order chi connectivity index (χ1) is 10.1. The molecule has 21 heavy (non-hydrogen) atoms. The van der Waals surface area contributed by atoms with Gasteiger partial charge in [0.05, 0.1) is 6.61 Å². The van der Waals surface area contributed by atoms with Gasteiger partial charge in [0, 0.05) is 22.1 Å². The van der Waals surface area contributed by atoms with Crippen molar-refractivity contribution in [2.75, 3.05) is 6.61 Å². The molecule has 112 valence electrons. The maximum Gasteiger partial charge on any atom is 0.124 e. The molecule has 2 unspecified atom stereocenters. The minimum Gasteiger partial charge on any atom is -0.494 e. The van der Waals surface area contributed by atoms with Gasteiger partial charge in [-0.05, 0) is 44.5 Å². The van der Waals surface area contributed by atoms with Crippen molar-refractivity contribution in [2.45, 2.75) is 32.9 Å². The standard InChI is InChI=1S/C18H22BrNO/c1-4-21-18-11-6-5-10-17(18)14(3)20-13(2)15-8-7-9-16(19)12-15/h5-14,20H,4H2,1-3H3. The Bertz CT molecular complexity index is 585. The average molecular weight is 348 g/mol. The monoisotopic (exact) mass is 347 g/mol.